The van der Waals surface area contributed by atoms with Crippen molar-refractivity contribution in [1.82, 2.24) is 9.97 Å². The number of rotatable bonds is 6. The van der Waals surface area contributed by atoms with E-state index in [0.29, 0.717) is 46.9 Å². The van der Waals surface area contributed by atoms with Crippen molar-refractivity contribution < 1.29 is 28.3 Å². The maximum atomic E-state index is 13.9. The predicted octanol–water partition coefficient (Wildman–Crippen LogP) is 5.47. The lowest BCUT2D eigenvalue weighted by atomic mass is 9.73. The van der Waals surface area contributed by atoms with Gasteiger partial charge in [0.05, 0.1) is 17.7 Å². The molecule has 3 aromatic heterocycles. The average Bonchev–Trinajstić information content (AvgIpc) is 3.71. The minimum absolute atomic E-state index is 0.130. The smallest absolute Gasteiger partial charge is 0.374 e. The summed E-state index contributed by atoms with van der Waals surface area (Å²) in [5.74, 6) is 0.894. The molecule has 0 radical (unpaired) electrons. The van der Waals surface area contributed by atoms with Gasteiger partial charge < -0.3 is 24.1 Å². The van der Waals surface area contributed by atoms with Crippen LogP contribution in [-0.2, 0) is 28.7 Å². The SMILES string of the molecule is CCOC(=O)c1cc2c(o1)-c1cccnc1N(C(=O)c1ccc(NC(=O)c3cc4c(nc3N3CC5(CCOCC5)C3)CCC4)cc1)CC2. The van der Waals surface area contributed by atoms with Crippen LogP contribution in [-0.4, -0.2) is 67.2 Å². The lowest BCUT2D eigenvalue weighted by Gasteiger charge is -2.53. The van der Waals surface area contributed by atoms with Gasteiger partial charge in [0, 0.05) is 67.0 Å². The molecule has 2 fully saturated rings. The summed E-state index contributed by atoms with van der Waals surface area (Å²) in [6, 6.07) is 14.2. The number of aromatic nitrogens is 2. The van der Waals surface area contributed by atoms with Crippen molar-refractivity contribution in [3.63, 3.8) is 0 Å². The molecule has 11 heteroatoms. The van der Waals surface area contributed by atoms with Crippen LogP contribution in [0.3, 0.4) is 0 Å². The first-order chi connectivity index (χ1) is 23.4. The summed E-state index contributed by atoms with van der Waals surface area (Å²) in [7, 11) is 0. The van der Waals surface area contributed by atoms with E-state index in [2.05, 4.69) is 15.2 Å². The molecule has 2 saturated heterocycles. The zero-order valence-electron chi connectivity index (χ0n) is 26.9. The van der Waals surface area contributed by atoms with Crippen molar-refractivity contribution in [3.05, 3.63) is 88.4 Å². The average molecular weight is 648 g/mol. The Morgan fingerprint density at radius 3 is 2.58 bits per heavy atom. The number of hydrogen-bond donors (Lipinski definition) is 1. The maximum absolute atomic E-state index is 13.9. The molecule has 1 aromatic carbocycles. The van der Waals surface area contributed by atoms with E-state index < -0.39 is 5.97 Å². The van der Waals surface area contributed by atoms with Crippen LogP contribution < -0.4 is 15.1 Å². The number of esters is 1. The number of carbonyl (C=O) groups is 3. The summed E-state index contributed by atoms with van der Waals surface area (Å²) in [5.41, 5.74) is 5.58. The number of hydrogen-bond acceptors (Lipinski definition) is 9. The van der Waals surface area contributed by atoms with E-state index in [-0.39, 0.29) is 29.6 Å². The van der Waals surface area contributed by atoms with E-state index in [1.807, 2.05) is 12.1 Å². The topological polar surface area (TPSA) is 127 Å². The fourth-order valence-corrected chi connectivity index (χ4v) is 7.42. The first-order valence-corrected chi connectivity index (χ1v) is 16.8. The van der Waals surface area contributed by atoms with Crippen molar-refractivity contribution in [2.45, 2.75) is 45.4 Å². The first kappa shape index (κ1) is 30.3. The molecule has 1 N–H and O–H groups in total. The zero-order chi connectivity index (χ0) is 32.8. The standard InChI is InChI=1S/C37H37N5O6/c1-2-47-36(45)30-20-25-12-16-42(32-27(31(25)48-30)6-4-15-38-32)35(44)23-8-10-26(11-9-23)39-34(43)28-19-24-5-3-7-29(24)40-33(28)41-21-37(22-41)13-17-46-18-14-37/h4,6,8-11,15,19-20H,2-3,5,7,12-14,16-18,21-22H2,1H3,(H,39,43). The van der Waals surface area contributed by atoms with Crippen molar-refractivity contribution in [2.24, 2.45) is 5.41 Å². The highest BCUT2D eigenvalue weighted by Crippen LogP contribution is 2.43. The van der Waals surface area contributed by atoms with Crippen LogP contribution in [0.15, 0.2) is 59.1 Å². The van der Waals surface area contributed by atoms with Gasteiger partial charge in [-0.1, -0.05) is 0 Å². The van der Waals surface area contributed by atoms with Gasteiger partial charge in [-0.15, -0.1) is 0 Å². The van der Waals surface area contributed by atoms with Gasteiger partial charge in [0.15, 0.2) is 0 Å². The van der Waals surface area contributed by atoms with Gasteiger partial charge in [-0.25, -0.2) is 14.8 Å². The molecule has 8 rings (SSSR count). The van der Waals surface area contributed by atoms with Gasteiger partial charge in [-0.3, -0.25) is 14.5 Å². The molecular weight excluding hydrogens is 610 g/mol. The summed E-state index contributed by atoms with van der Waals surface area (Å²) in [5, 5.41) is 3.05. The Morgan fingerprint density at radius 1 is 0.979 bits per heavy atom. The van der Waals surface area contributed by atoms with Crippen molar-refractivity contribution >= 4 is 35.1 Å². The second-order valence-corrected chi connectivity index (χ2v) is 13.1. The number of carbonyl (C=O) groups excluding carboxylic acids is 3. The number of nitrogens with zero attached hydrogens (tertiary/aromatic N) is 4. The predicted molar refractivity (Wildman–Crippen MR) is 179 cm³/mol. The second kappa shape index (κ2) is 12.2. The molecule has 246 valence electrons. The molecule has 0 bridgehead atoms. The first-order valence-electron chi connectivity index (χ1n) is 16.8. The molecule has 0 atom stereocenters. The fraction of sp³-hybridized carbons (Fsp3) is 0.378. The van der Waals surface area contributed by atoms with Crippen LogP contribution in [0.25, 0.3) is 11.3 Å². The highest BCUT2D eigenvalue weighted by molar-refractivity contribution is 6.10. The summed E-state index contributed by atoms with van der Waals surface area (Å²) in [6.07, 6.45) is 7.11. The lowest BCUT2D eigenvalue weighted by Crippen LogP contribution is -2.59. The lowest BCUT2D eigenvalue weighted by molar-refractivity contribution is -0.000522. The molecule has 0 unspecified atom stereocenters. The van der Waals surface area contributed by atoms with Crippen molar-refractivity contribution in [2.75, 3.05) is 54.6 Å². The Labute approximate surface area is 278 Å². The van der Waals surface area contributed by atoms with Crippen LogP contribution in [0.5, 0.6) is 0 Å². The minimum atomic E-state index is -0.524. The summed E-state index contributed by atoms with van der Waals surface area (Å²) >= 11 is 0. The highest BCUT2D eigenvalue weighted by atomic mass is 16.5. The largest absolute Gasteiger partial charge is 0.460 e. The fourth-order valence-electron chi connectivity index (χ4n) is 7.42. The van der Waals surface area contributed by atoms with Crippen LogP contribution in [0.2, 0.25) is 0 Å². The molecule has 4 aromatic rings. The summed E-state index contributed by atoms with van der Waals surface area (Å²) in [4.78, 5) is 53.4. The van der Waals surface area contributed by atoms with Gasteiger partial charge in [0.25, 0.3) is 11.8 Å². The summed E-state index contributed by atoms with van der Waals surface area (Å²) < 4.78 is 16.6. The molecule has 4 aliphatic rings. The van der Waals surface area contributed by atoms with Crippen LogP contribution in [0.1, 0.15) is 74.3 Å². The molecule has 2 amide bonds. The number of amides is 2. The third kappa shape index (κ3) is 5.41. The molecule has 48 heavy (non-hydrogen) atoms. The summed E-state index contributed by atoms with van der Waals surface area (Å²) in [6.45, 7) is 5.70. The normalized spacial score (nSPS) is 17.5. The zero-order valence-corrected chi connectivity index (χ0v) is 26.9. The third-order valence-electron chi connectivity index (χ3n) is 9.99. The second-order valence-electron chi connectivity index (χ2n) is 13.1. The van der Waals surface area contributed by atoms with E-state index in [4.69, 9.17) is 18.9 Å². The van der Waals surface area contributed by atoms with Gasteiger partial charge in [-0.2, -0.15) is 0 Å². The van der Waals surface area contributed by atoms with E-state index in [9.17, 15) is 14.4 Å². The number of nitrogens with one attached hydrogen (secondary N) is 1. The Bertz CT molecular complexity index is 1900. The maximum Gasteiger partial charge on any atom is 0.374 e. The van der Waals surface area contributed by atoms with Crippen LogP contribution in [0, 0.1) is 5.41 Å². The van der Waals surface area contributed by atoms with Crippen LogP contribution in [0.4, 0.5) is 17.3 Å². The number of benzene rings is 1. The van der Waals surface area contributed by atoms with Crippen molar-refractivity contribution in [3.8, 4) is 11.3 Å². The highest BCUT2D eigenvalue weighted by Gasteiger charge is 2.45. The third-order valence-corrected chi connectivity index (χ3v) is 9.99. The van der Waals surface area contributed by atoms with E-state index in [1.165, 1.54) is 0 Å². The Balaban J connectivity index is 1.00. The molecule has 3 aliphatic heterocycles. The number of aryl methyl sites for hydroxylation is 2. The quantitative estimate of drug-likeness (QED) is 0.271. The Kier molecular flexibility index (Phi) is 7.71. The number of furan rings is 1. The van der Waals surface area contributed by atoms with Gasteiger partial charge in [0.1, 0.15) is 17.4 Å². The van der Waals surface area contributed by atoms with Crippen molar-refractivity contribution in [1.29, 1.82) is 0 Å². The number of anilines is 3. The molecule has 0 saturated carbocycles. The van der Waals surface area contributed by atoms with Crippen LogP contribution >= 0.6 is 0 Å². The Hall–Kier alpha value is -5.03. The van der Waals surface area contributed by atoms with Gasteiger partial charge in [-0.05, 0) is 99.5 Å². The number of ether oxygens (including phenoxy) is 2. The van der Waals surface area contributed by atoms with Gasteiger partial charge >= 0.3 is 5.97 Å². The monoisotopic (exact) mass is 647 g/mol. The molecule has 1 aliphatic carbocycles. The molecule has 6 heterocycles. The number of pyridine rings is 2. The molecular formula is C37H37N5O6. The Morgan fingerprint density at radius 2 is 1.79 bits per heavy atom. The van der Waals surface area contributed by atoms with Gasteiger partial charge in [0.2, 0.25) is 5.76 Å². The molecule has 1 spiro atoms. The minimum Gasteiger partial charge on any atom is -0.460 e. The van der Waals surface area contributed by atoms with E-state index in [0.717, 1.165) is 81.0 Å². The molecule has 11 nitrogen and oxygen atoms in total. The van der Waals surface area contributed by atoms with E-state index in [1.54, 1.807) is 54.4 Å². The number of fused-ring (bicyclic) bond motifs is 4. The van der Waals surface area contributed by atoms with E-state index >= 15 is 0 Å².